The van der Waals surface area contributed by atoms with E-state index in [1.807, 2.05) is 0 Å². The second-order valence-corrected chi connectivity index (χ2v) is 7.11. The Morgan fingerprint density at radius 2 is 2.08 bits per heavy atom. The molecule has 1 atom stereocenters. The highest BCUT2D eigenvalue weighted by molar-refractivity contribution is 7.99. The molecule has 1 aliphatic rings. The minimum atomic E-state index is -0.685. The summed E-state index contributed by atoms with van der Waals surface area (Å²) in [5.74, 6) is 0.613. The minimum absolute atomic E-state index is 0.00646. The fourth-order valence-electron chi connectivity index (χ4n) is 2.83. The average Bonchev–Trinajstić information content (AvgIpc) is 2.80. The van der Waals surface area contributed by atoms with Crippen molar-refractivity contribution in [3.05, 3.63) is 61.7 Å². The number of nitro groups is 1. The summed E-state index contributed by atoms with van der Waals surface area (Å²) in [5, 5.41) is 31.0. The van der Waals surface area contributed by atoms with E-state index in [0.717, 1.165) is 0 Å². The van der Waals surface area contributed by atoms with Crippen molar-refractivity contribution in [2.75, 3.05) is 12.3 Å². The van der Waals surface area contributed by atoms with E-state index in [1.165, 1.54) is 36.0 Å². The third-order valence-electron chi connectivity index (χ3n) is 4.00. The molecule has 0 aliphatic carbocycles. The highest BCUT2D eigenvalue weighted by Gasteiger charge is 2.26. The van der Waals surface area contributed by atoms with E-state index in [1.54, 1.807) is 6.92 Å². The van der Waals surface area contributed by atoms with Crippen LogP contribution in [0.2, 0.25) is 0 Å². The van der Waals surface area contributed by atoms with E-state index in [9.17, 15) is 25.1 Å². The smallest absolute Gasteiger partial charge is 0.348 e. The number of thioether (sulfide) groups is 1. The van der Waals surface area contributed by atoms with Gasteiger partial charge < -0.3 is 14.6 Å². The molecule has 2 heterocycles. The van der Waals surface area contributed by atoms with Crippen LogP contribution in [0.25, 0.3) is 0 Å². The lowest BCUT2D eigenvalue weighted by atomic mass is 10.0. The zero-order valence-corrected chi connectivity index (χ0v) is 14.7. The fraction of sp³-hybridized carbons (Fsp3) is 0.294. The van der Waals surface area contributed by atoms with Crippen LogP contribution in [0.5, 0.6) is 11.5 Å². The summed E-state index contributed by atoms with van der Waals surface area (Å²) < 4.78 is 5.06. The number of nitrogens with zero attached hydrogens (tertiary/aromatic N) is 2. The molecule has 3 rings (SSSR count). The molecule has 136 valence electrons. The molecular weight excluding hydrogens is 360 g/mol. The van der Waals surface area contributed by atoms with Crippen molar-refractivity contribution in [1.29, 1.82) is 0 Å². The normalized spacial score (nSPS) is 17.4. The van der Waals surface area contributed by atoms with Crippen molar-refractivity contribution in [3.8, 4) is 11.5 Å². The fourth-order valence-corrected chi connectivity index (χ4v) is 3.96. The largest absolute Gasteiger partial charge is 0.508 e. The molecule has 0 saturated carbocycles. The van der Waals surface area contributed by atoms with Gasteiger partial charge in [-0.1, -0.05) is 0 Å². The molecule has 2 N–H and O–H groups in total. The number of rotatable bonds is 3. The van der Waals surface area contributed by atoms with Crippen LogP contribution >= 0.6 is 11.8 Å². The highest BCUT2D eigenvalue weighted by atomic mass is 32.2. The maximum Gasteiger partial charge on any atom is 0.348 e. The molecule has 0 bridgehead atoms. The molecule has 9 heteroatoms. The highest BCUT2D eigenvalue weighted by Crippen LogP contribution is 2.41. The summed E-state index contributed by atoms with van der Waals surface area (Å²) in [6.07, 6.45) is 0.223. The number of phenolic OH excluding ortho intramolecular Hbond substituents is 1. The number of benzene rings is 1. The molecule has 1 aromatic carbocycles. The van der Waals surface area contributed by atoms with Gasteiger partial charge in [0, 0.05) is 47.7 Å². The van der Waals surface area contributed by atoms with Crippen LogP contribution in [-0.4, -0.2) is 33.1 Å². The Bertz CT molecular complexity index is 953. The van der Waals surface area contributed by atoms with Gasteiger partial charge in [0.05, 0.1) is 10.6 Å². The predicted octanol–water partition coefficient (Wildman–Crippen LogP) is 2.93. The van der Waals surface area contributed by atoms with Gasteiger partial charge in [-0.3, -0.25) is 15.1 Å². The van der Waals surface area contributed by atoms with Gasteiger partial charge in [0.2, 0.25) is 0 Å². The molecule has 2 aromatic rings. The van der Waals surface area contributed by atoms with Crippen LogP contribution in [0.15, 0.2) is 38.5 Å². The number of hydrogen-bond acceptors (Lipinski definition) is 8. The summed E-state index contributed by atoms with van der Waals surface area (Å²) >= 11 is 1.47. The molecule has 0 spiro atoms. The standard InChI is InChI=1S/C17H16N2O6S/c1-9-6-14(21)16(17(22)25-9)12-8-15(26-5-4-18-12)11-7-10(19(23)24)2-3-13(11)20/h2-3,6-7,15,20-21H,4-5,8H2,1H3/t15-/m1/s1. The number of aromatic hydroxyl groups is 2. The maximum atomic E-state index is 12.2. The number of non-ortho nitro benzene ring substituents is 1. The molecule has 0 saturated heterocycles. The maximum absolute atomic E-state index is 12.2. The first-order chi connectivity index (χ1) is 12.4. The van der Waals surface area contributed by atoms with Gasteiger partial charge in [0.25, 0.3) is 5.69 Å². The van der Waals surface area contributed by atoms with Gasteiger partial charge >= 0.3 is 5.63 Å². The molecule has 0 fully saturated rings. The quantitative estimate of drug-likeness (QED) is 0.623. The Morgan fingerprint density at radius 1 is 1.31 bits per heavy atom. The molecule has 0 radical (unpaired) electrons. The van der Waals surface area contributed by atoms with Gasteiger partial charge in [0.15, 0.2) is 0 Å². The third-order valence-corrected chi connectivity index (χ3v) is 5.24. The van der Waals surface area contributed by atoms with E-state index in [-0.39, 0.29) is 40.2 Å². The molecule has 0 unspecified atom stereocenters. The van der Waals surface area contributed by atoms with Crippen molar-refractivity contribution >= 4 is 23.2 Å². The van der Waals surface area contributed by atoms with Crippen molar-refractivity contribution < 1.29 is 19.6 Å². The van der Waals surface area contributed by atoms with Gasteiger partial charge in [-0.15, -0.1) is 0 Å². The number of phenols is 1. The van der Waals surface area contributed by atoms with Crippen LogP contribution < -0.4 is 5.63 Å². The average molecular weight is 376 g/mol. The molecule has 0 amide bonds. The Morgan fingerprint density at radius 3 is 2.77 bits per heavy atom. The van der Waals surface area contributed by atoms with Gasteiger partial charge in [-0.25, -0.2) is 4.79 Å². The van der Waals surface area contributed by atoms with Crippen LogP contribution in [-0.2, 0) is 0 Å². The lowest BCUT2D eigenvalue weighted by Crippen LogP contribution is -2.17. The van der Waals surface area contributed by atoms with Gasteiger partial charge in [-0.05, 0) is 13.0 Å². The Balaban J connectivity index is 2.01. The van der Waals surface area contributed by atoms with Crippen molar-refractivity contribution in [1.82, 2.24) is 0 Å². The molecule has 8 nitrogen and oxygen atoms in total. The van der Waals surface area contributed by atoms with Crippen molar-refractivity contribution in [2.24, 2.45) is 4.99 Å². The first kappa shape index (κ1) is 18.0. The zero-order valence-electron chi connectivity index (χ0n) is 13.8. The zero-order chi connectivity index (χ0) is 18.8. The lowest BCUT2D eigenvalue weighted by molar-refractivity contribution is -0.384. The van der Waals surface area contributed by atoms with Crippen LogP contribution in [0.4, 0.5) is 5.69 Å². The van der Waals surface area contributed by atoms with Gasteiger partial charge in [0.1, 0.15) is 22.8 Å². The number of hydrogen-bond donors (Lipinski definition) is 2. The molecule has 1 aromatic heterocycles. The molecule has 1 aliphatic heterocycles. The summed E-state index contributed by atoms with van der Waals surface area (Å²) in [7, 11) is 0. The Hall–Kier alpha value is -2.81. The second-order valence-electron chi connectivity index (χ2n) is 5.80. The molecular formula is C17H16N2O6S. The Labute approximate surface area is 152 Å². The van der Waals surface area contributed by atoms with E-state index >= 15 is 0 Å². The predicted molar refractivity (Wildman–Crippen MR) is 97.4 cm³/mol. The van der Waals surface area contributed by atoms with Crippen LogP contribution in [0.3, 0.4) is 0 Å². The minimum Gasteiger partial charge on any atom is -0.508 e. The van der Waals surface area contributed by atoms with E-state index in [0.29, 0.717) is 23.6 Å². The van der Waals surface area contributed by atoms with Crippen molar-refractivity contribution in [3.63, 3.8) is 0 Å². The first-order valence-corrected chi connectivity index (χ1v) is 8.88. The summed E-state index contributed by atoms with van der Waals surface area (Å²) in [4.78, 5) is 27.0. The first-order valence-electron chi connectivity index (χ1n) is 7.83. The monoisotopic (exact) mass is 376 g/mol. The van der Waals surface area contributed by atoms with Crippen molar-refractivity contribution in [2.45, 2.75) is 18.6 Å². The summed E-state index contributed by atoms with van der Waals surface area (Å²) in [5.41, 5.74) is -0.0611. The van der Waals surface area contributed by atoms with Crippen LogP contribution in [0, 0.1) is 17.0 Å². The SMILES string of the molecule is Cc1cc(O)c(C2=NCCS[C@@H](c3cc([N+](=O)[O-])ccc3O)C2)c(=O)o1. The number of aryl methyl sites for hydroxylation is 1. The van der Waals surface area contributed by atoms with E-state index < -0.39 is 10.5 Å². The van der Waals surface area contributed by atoms with Crippen LogP contribution in [0.1, 0.15) is 28.6 Å². The lowest BCUT2D eigenvalue weighted by Gasteiger charge is -2.16. The topological polar surface area (TPSA) is 126 Å². The summed E-state index contributed by atoms with van der Waals surface area (Å²) in [6.45, 7) is 1.97. The van der Waals surface area contributed by atoms with E-state index in [2.05, 4.69) is 4.99 Å². The number of nitro benzene ring substituents is 1. The van der Waals surface area contributed by atoms with Gasteiger partial charge in [-0.2, -0.15) is 11.8 Å². The third kappa shape index (κ3) is 3.57. The number of aliphatic imine (C=N–C) groups is 1. The Kier molecular flexibility index (Phi) is 4.99. The summed E-state index contributed by atoms with van der Waals surface area (Å²) in [6, 6.07) is 5.19. The second kappa shape index (κ2) is 7.20. The molecule has 26 heavy (non-hydrogen) atoms. The van der Waals surface area contributed by atoms with E-state index in [4.69, 9.17) is 4.42 Å².